The van der Waals surface area contributed by atoms with Crippen molar-refractivity contribution in [1.29, 1.82) is 0 Å². The molecule has 0 saturated carbocycles. The first-order valence-electron chi connectivity index (χ1n) is 4.63. The van der Waals surface area contributed by atoms with E-state index in [1.165, 1.54) is 6.92 Å². The van der Waals surface area contributed by atoms with Crippen LogP contribution < -0.4 is 5.73 Å². The van der Waals surface area contributed by atoms with Crippen LogP contribution in [0.25, 0.3) is 0 Å². The smallest absolute Gasteiger partial charge is 0.398 e. The molecule has 15 heavy (non-hydrogen) atoms. The third-order valence-corrected chi connectivity index (χ3v) is 1.85. The van der Waals surface area contributed by atoms with E-state index in [1.54, 1.807) is 6.92 Å². The summed E-state index contributed by atoms with van der Waals surface area (Å²) in [6.07, 6.45) is -4.42. The van der Waals surface area contributed by atoms with Crippen molar-refractivity contribution >= 4 is 5.69 Å². The van der Waals surface area contributed by atoms with Gasteiger partial charge in [0.15, 0.2) is 0 Å². The summed E-state index contributed by atoms with van der Waals surface area (Å²) in [6.45, 7) is 7.14. The Morgan fingerprint density at radius 1 is 1.20 bits per heavy atom. The van der Waals surface area contributed by atoms with E-state index in [0.717, 1.165) is 6.07 Å². The number of hydrogen-bond donors (Lipinski definition) is 1. The van der Waals surface area contributed by atoms with Gasteiger partial charge in [0, 0.05) is 11.4 Å². The molecule has 0 fully saturated rings. The van der Waals surface area contributed by atoms with E-state index in [2.05, 4.69) is 4.98 Å². The number of aryl methyl sites for hydroxylation is 1. The predicted octanol–water partition coefficient (Wildman–Crippen LogP) is 3.33. The molecule has 5 heteroatoms. The van der Waals surface area contributed by atoms with Crippen LogP contribution in [0, 0.1) is 13.8 Å². The molecule has 0 saturated heterocycles. The summed E-state index contributed by atoms with van der Waals surface area (Å²) < 4.78 is 36.5. The minimum Gasteiger partial charge on any atom is -0.398 e. The van der Waals surface area contributed by atoms with Crippen LogP contribution in [0.5, 0.6) is 0 Å². The van der Waals surface area contributed by atoms with Crippen LogP contribution in [0.3, 0.4) is 0 Å². The van der Waals surface area contributed by atoms with Crippen molar-refractivity contribution in [2.45, 2.75) is 33.9 Å². The van der Waals surface area contributed by atoms with Gasteiger partial charge < -0.3 is 5.73 Å². The molecule has 0 amide bonds. The van der Waals surface area contributed by atoms with Crippen LogP contribution in [0.1, 0.15) is 30.8 Å². The molecule has 0 spiro atoms. The quantitative estimate of drug-likeness (QED) is 0.728. The second-order valence-corrected chi connectivity index (χ2v) is 2.80. The summed E-state index contributed by atoms with van der Waals surface area (Å²) in [5, 5.41) is 0. The minimum atomic E-state index is -4.42. The summed E-state index contributed by atoms with van der Waals surface area (Å²) in [7, 11) is 0. The van der Waals surface area contributed by atoms with Gasteiger partial charge >= 0.3 is 6.18 Å². The molecule has 0 bridgehead atoms. The molecule has 0 aliphatic heterocycles. The number of rotatable bonds is 0. The number of nitrogens with two attached hydrogens (primary N) is 1. The fourth-order valence-electron chi connectivity index (χ4n) is 0.906. The maximum absolute atomic E-state index is 12.2. The molecule has 0 aliphatic carbocycles. The molecule has 0 aliphatic rings. The fourth-order valence-corrected chi connectivity index (χ4v) is 0.906. The summed E-state index contributed by atoms with van der Waals surface area (Å²) in [5.74, 6) is 0. The van der Waals surface area contributed by atoms with Gasteiger partial charge in [0.2, 0.25) is 0 Å². The van der Waals surface area contributed by atoms with Crippen molar-refractivity contribution in [3.05, 3.63) is 23.0 Å². The third kappa shape index (κ3) is 3.42. The number of alkyl halides is 3. The second-order valence-electron chi connectivity index (χ2n) is 2.80. The lowest BCUT2D eigenvalue weighted by atomic mass is 10.1. The van der Waals surface area contributed by atoms with Crippen LogP contribution in [0.15, 0.2) is 6.07 Å². The topological polar surface area (TPSA) is 38.9 Å². The minimum absolute atomic E-state index is 0.125. The molecular weight excluding hydrogens is 205 g/mol. The van der Waals surface area contributed by atoms with Crippen LogP contribution in [-0.4, -0.2) is 4.98 Å². The summed E-state index contributed by atoms with van der Waals surface area (Å²) in [6, 6.07) is 0.850. The molecule has 1 aromatic rings. The predicted molar refractivity (Wildman–Crippen MR) is 54.5 cm³/mol. The number of aromatic nitrogens is 1. The van der Waals surface area contributed by atoms with E-state index in [0.29, 0.717) is 11.3 Å². The van der Waals surface area contributed by atoms with Crippen molar-refractivity contribution < 1.29 is 13.2 Å². The normalized spacial score (nSPS) is 10.6. The molecule has 1 heterocycles. The van der Waals surface area contributed by atoms with Gasteiger partial charge in [0.25, 0.3) is 0 Å². The Balaban J connectivity index is 0.000000921. The first-order valence-corrected chi connectivity index (χ1v) is 4.63. The number of anilines is 1. The van der Waals surface area contributed by atoms with E-state index in [1.807, 2.05) is 13.8 Å². The molecule has 2 nitrogen and oxygen atoms in total. The molecule has 0 atom stereocenters. The number of halogens is 3. The lowest BCUT2D eigenvalue weighted by Crippen LogP contribution is -2.10. The first kappa shape index (κ1) is 13.7. The Morgan fingerprint density at radius 2 is 1.67 bits per heavy atom. The van der Waals surface area contributed by atoms with E-state index in [-0.39, 0.29) is 5.69 Å². The molecule has 0 radical (unpaired) electrons. The zero-order chi connectivity index (χ0) is 12.2. The Bertz CT molecular complexity index is 309. The van der Waals surface area contributed by atoms with E-state index >= 15 is 0 Å². The highest BCUT2D eigenvalue weighted by atomic mass is 19.4. The average molecular weight is 220 g/mol. The van der Waals surface area contributed by atoms with Crippen LogP contribution in [0.4, 0.5) is 18.9 Å². The number of nitrogen functional groups attached to an aromatic ring is 1. The van der Waals surface area contributed by atoms with Gasteiger partial charge in [-0.05, 0) is 25.5 Å². The number of nitrogens with zero attached hydrogens (tertiary/aromatic N) is 1. The SMILES string of the molecule is CC.Cc1nc(C(F)(F)F)cc(N)c1C. The zero-order valence-electron chi connectivity index (χ0n) is 9.24. The van der Waals surface area contributed by atoms with E-state index in [4.69, 9.17) is 5.73 Å². The first-order chi connectivity index (χ1) is 6.82. The van der Waals surface area contributed by atoms with Gasteiger partial charge in [-0.2, -0.15) is 13.2 Å². The van der Waals surface area contributed by atoms with Crippen molar-refractivity contribution in [3.63, 3.8) is 0 Å². The van der Waals surface area contributed by atoms with E-state index in [9.17, 15) is 13.2 Å². The van der Waals surface area contributed by atoms with Gasteiger partial charge in [0.05, 0.1) is 0 Å². The van der Waals surface area contributed by atoms with Crippen LogP contribution in [0.2, 0.25) is 0 Å². The fraction of sp³-hybridized carbons (Fsp3) is 0.500. The summed E-state index contributed by atoms with van der Waals surface area (Å²) in [4.78, 5) is 3.40. The van der Waals surface area contributed by atoms with Crippen LogP contribution in [-0.2, 0) is 6.18 Å². The van der Waals surface area contributed by atoms with Crippen molar-refractivity contribution in [2.75, 3.05) is 5.73 Å². The maximum Gasteiger partial charge on any atom is 0.433 e. The Morgan fingerprint density at radius 3 is 2.00 bits per heavy atom. The van der Waals surface area contributed by atoms with Gasteiger partial charge in [-0.3, -0.25) is 0 Å². The Labute approximate surface area is 87.3 Å². The second kappa shape index (κ2) is 5.00. The highest BCUT2D eigenvalue weighted by molar-refractivity contribution is 5.49. The van der Waals surface area contributed by atoms with Crippen molar-refractivity contribution in [1.82, 2.24) is 4.98 Å². The molecule has 1 aromatic heterocycles. The van der Waals surface area contributed by atoms with Gasteiger partial charge in [0.1, 0.15) is 5.69 Å². The highest BCUT2D eigenvalue weighted by Crippen LogP contribution is 2.30. The lowest BCUT2D eigenvalue weighted by Gasteiger charge is -2.09. The maximum atomic E-state index is 12.2. The summed E-state index contributed by atoms with van der Waals surface area (Å²) in [5.41, 5.74) is 5.47. The van der Waals surface area contributed by atoms with Gasteiger partial charge in [-0.25, -0.2) is 4.98 Å². The monoisotopic (exact) mass is 220 g/mol. The molecule has 86 valence electrons. The van der Waals surface area contributed by atoms with Crippen molar-refractivity contribution in [2.24, 2.45) is 0 Å². The summed E-state index contributed by atoms with van der Waals surface area (Å²) >= 11 is 0. The highest BCUT2D eigenvalue weighted by Gasteiger charge is 2.33. The Hall–Kier alpha value is -1.26. The third-order valence-electron chi connectivity index (χ3n) is 1.85. The molecule has 0 unspecified atom stereocenters. The molecule has 1 rings (SSSR count). The molecule has 0 aromatic carbocycles. The zero-order valence-corrected chi connectivity index (χ0v) is 9.24. The van der Waals surface area contributed by atoms with Crippen LogP contribution >= 0.6 is 0 Å². The average Bonchev–Trinajstić information content (AvgIpc) is 2.15. The lowest BCUT2D eigenvalue weighted by molar-refractivity contribution is -0.141. The van der Waals surface area contributed by atoms with Crippen molar-refractivity contribution in [3.8, 4) is 0 Å². The number of pyridine rings is 1. The standard InChI is InChI=1S/C8H9F3N2.C2H6/c1-4-5(2)13-7(3-6(4)12)8(9,10)11;1-2/h3H,1-2H3,(H2,12,13);1-2H3. The molecular formula is C10H15F3N2. The largest absolute Gasteiger partial charge is 0.433 e. The Kier molecular flexibility index (Phi) is 4.58. The number of hydrogen-bond acceptors (Lipinski definition) is 2. The van der Waals surface area contributed by atoms with Gasteiger partial charge in [-0.1, -0.05) is 13.8 Å². The van der Waals surface area contributed by atoms with Gasteiger partial charge in [-0.15, -0.1) is 0 Å². The molecule has 2 N–H and O–H groups in total. The van der Waals surface area contributed by atoms with E-state index < -0.39 is 11.9 Å².